The maximum Gasteiger partial charge on any atom is 0.0887 e. The smallest absolute Gasteiger partial charge is 0.0887 e. The van der Waals surface area contributed by atoms with Crippen LogP contribution >= 0.6 is 11.6 Å². The van der Waals surface area contributed by atoms with Crippen LogP contribution in [0.4, 0.5) is 0 Å². The van der Waals surface area contributed by atoms with Gasteiger partial charge in [0, 0.05) is 6.61 Å². The first kappa shape index (κ1) is 10.5. The van der Waals surface area contributed by atoms with Crippen molar-refractivity contribution in [2.45, 2.75) is 25.8 Å². The molecule has 0 saturated heterocycles. The molecular weight excluding hydrogens is 186 g/mol. The Morgan fingerprint density at radius 2 is 2.15 bits per heavy atom. The summed E-state index contributed by atoms with van der Waals surface area (Å²) in [5, 5.41) is 0. The molecule has 0 spiro atoms. The Morgan fingerprint density at radius 1 is 1.38 bits per heavy atom. The number of rotatable bonds is 5. The molecule has 0 aromatic carbocycles. The zero-order chi connectivity index (χ0) is 9.52. The van der Waals surface area contributed by atoms with Gasteiger partial charge in [-0.1, -0.05) is 13.0 Å². The van der Waals surface area contributed by atoms with Crippen LogP contribution in [0.2, 0.25) is 0 Å². The lowest BCUT2D eigenvalue weighted by Gasteiger charge is -2.02. The Labute approximate surface area is 83.9 Å². The summed E-state index contributed by atoms with van der Waals surface area (Å²) in [7, 11) is 0. The van der Waals surface area contributed by atoms with E-state index in [0.717, 1.165) is 24.4 Å². The van der Waals surface area contributed by atoms with Gasteiger partial charge in [0.2, 0.25) is 0 Å². The van der Waals surface area contributed by atoms with Crippen molar-refractivity contribution in [3.63, 3.8) is 0 Å². The van der Waals surface area contributed by atoms with E-state index in [9.17, 15) is 0 Å². The van der Waals surface area contributed by atoms with Crippen molar-refractivity contribution < 1.29 is 4.74 Å². The fraction of sp³-hybridized carbons (Fsp3) is 0.500. The Hall–Kier alpha value is -0.600. The van der Waals surface area contributed by atoms with Crippen LogP contribution in [0.5, 0.6) is 0 Å². The van der Waals surface area contributed by atoms with Gasteiger partial charge in [-0.15, -0.1) is 11.6 Å². The molecule has 0 aliphatic heterocycles. The summed E-state index contributed by atoms with van der Waals surface area (Å²) in [5.41, 5.74) is 1.85. The van der Waals surface area contributed by atoms with E-state index in [0.29, 0.717) is 12.5 Å². The minimum atomic E-state index is 0.460. The highest BCUT2D eigenvalue weighted by molar-refractivity contribution is 6.16. The van der Waals surface area contributed by atoms with E-state index < -0.39 is 0 Å². The van der Waals surface area contributed by atoms with Gasteiger partial charge in [-0.25, -0.2) is 0 Å². The first-order valence-corrected chi connectivity index (χ1v) is 4.98. The van der Waals surface area contributed by atoms with E-state index in [1.54, 1.807) is 0 Å². The lowest BCUT2D eigenvalue weighted by atomic mass is 10.3. The van der Waals surface area contributed by atoms with Gasteiger partial charge in [0.15, 0.2) is 0 Å². The molecule has 1 aromatic rings. The molecule has 72 valence electrons. The van der Waals surface area contributed by atoms with E-state index >= 15 is 0 Å². The molecule has 0 aliphatic rings. The van der Waals surface area contributed by atoms with Gasteiger partial charge in [-0.2, -0.15) is 0 Å². The number of halogens is 1. The Kier molecular flexibility index (Phi) is 4.79. The van der Waals surface area contributed by atoms with E-state index in [-0.39, 0.29) is 0 Å². The van der Waals surface area contributed by atoms with Gasteiger partial charge in [-0.05, 0) is 18.6 Å². The second-order valence-corrected chi connectivity index (χ2v) is 3.07. The molecule has 1 heterocycles. The van der Waals surface area contributed by atoms with Crippen LogP contribution in [-0.2, 0) is 17.2 Å². The van der Waals surface area contributed by atoms with E-state index in [2.05, 4.69) is 11.9 Å². The Bertz CT molecular complexity index is 252. The van der Waals surface area contributed by atoms with Crippen molar-refractivity contribution in [1.29, 1.82) is 0 Å². The van der Waals surface area contributed by atoms with Crippen LogP contribution in [-0.4, -0.2) is 11.6 Å². The molecule has 0 N–H and O–H groups in total. The third-order valence-corrected chi connectivity index (χ3v) is 1.87. The average Bonchev–Trinajstić information content (AvgIpc) is 2.19. The summed E-state index contributed by atoms with van der Waals surface area (Å²) in [5.74, 6) is 0.460. The second kappa shape index (κ2) is 5.95. The highest BCUT2D eigenvalue weighted by Gasteiger charge is 1.96. The quantitative estimate of drug-likeness (QED) is 0.538. The van der Waals surface area contributed by atoms with Gasteiger partial charge >= 0.3 is 0 Å². The van der Waals surface area contributed by atoms with Crippen LogP contribution in [0.15, 0.2) is 18.2 Å². The normalized spacial score (nSPS) is 10.3. The molecular formula is C10H14ClNO. The zero-order valence-corrected chi connectivity index (χ0v) is 8.55. The third-order valence-electron chi connectivity index (χ3n) is 1.60. The topological polar surface area (TPSA) is 22.1 Å². The molecule has 0 unspecified atom stereocenters. The molecule has 1 aromatic heterocycles. The summed E-state index contributed by atoms with van der Waals surface area (Å²) < 4.78 is 5.36. The van der Waals surface area contributed by atoms with Crippen molar-refractivity contribution >= 4 is 11.6 Å². The largest absolute Gasteiger partial charge is 0.375 e. The summed E-state index contributed by atoms with van der Waals surface area (Å²) in [6.45, 7) is 3.45. The number of hydrogen-bond donors (Lipinski definition) is 0. The van der Waals surface area contributed by atoms with Gasteiger partial charge in [-0.3, -0.25) is 4.98 Å². The molecule has 0 fully saturated rings. The summed E-state index contributed by atoms with van der Waals surface area (Å²) in [6.07, 6.45) is 1.04. The van der Waals surface area contributed by atoms with Gasteiger partial charge in [0.1, 0.15) is 0 Å². The molecule has 3 heteroatoms. The van der Waals surface area contributed by atoms with Crippen LogP contribution in [0, 0.1) is 0 Å². The van der Waals surface area contributed by atoms with Gasteiger partial charge in [0.25, 0.3) is 0 Å². The number of hydrogen-bond acceptors (Lipinski definition) is 2. The van der Waals surface area contributed by atoms with E-state index in [4.69, 9.17) is 16.3 Å². The SMILES string of the molecule is CCCOCc1cccc(CCl)n1. The minimum absolute atomic E-state index is 0.460. The predicted molar refractivity (Wildman–Crippen MR) is 53.7 cm³/mol. The fourth-order valence-corrected chi connectivity index (χ4v) is 1.15. The molecule has 0 amide bonds. The number of aromatic nitrogens is 1. The monoisotopic (exact) mass is 199 g/mol. The number of pyridine rings is 1. The van der Waals surface area contributed by atoms with Gasteiger partial charge in [0.05, 0.1) is 23.9 Å². The van der Waals surface area contributed by atoms with Crippen molar-refractivity contribution in [3.05, 3.63) is 29.6 Å². The van der Waals surface area contributed by atoms with Gasteiger partial charge < -0.3 is 4.74 Å². The molecule has 13 heavy (non-hydrogen) atoms. The standard InChI is InChI=1S/C10H14ClNO/c1-2-6-13-8-10-5-3-4-9(7-11)12-10/h3-5H,2,6-8H2,1H3. The molecule has 0 bridgehead atoms. The molecule has 0 radical (unpaired) electrons. The lowest BCUT2D eigenvalue weighted by molar-refractivity contribution is 0.119. The summed E-state index contributed by atoms with van der Waals surface area (Å²) in [6, 6.07) is 5.82. The molecule has 0 saturated carbocycles. The van der Waals surface area contributed by atoms with Crippen molar-refractivity contribution in [1.82, 2.24) is 4.98 Å². The van der Waals surface area contributed by atoms with Crippen molar-refractivity contribution in [3.8, 4) is 0 Å². The van der Waals surface area contributed by atoms with Crippen LogP contribution < -0.4 is 0 Å². The first-order valence-electron chi connectivity index (χ1n) is 4.45. The van der Waals surface area contributed by atoms with Crippen LogP contribution in [0.3, 0.4) is 0 Å². The molecule has 0 aliphatic carbocycles. The Morgan fingerprint density at radius 3 is 2.85 bits per heavy atom. The summed E-state index contributed by atoms with van der Waals surface area (Å²) in [4.78, 5) is 4.31. The van der Waals surface area contributed by atoms with Crippen molar-refractivity contribution in [2.75, 3.05) is 6.61 Å². The summed E-state index contributed by atoms with van der Waals surface area (Å²) >= 11 is 5.66. The fourth-order valence-electron chi connectivity index (χ4n) is 1.01. The maximum atomic E-state index is 5.66. The third kappa shape index (κ3) is 3.75. The zero-order valence-electron chi connectivity index (χ0n) is 7.79. The number of ether oxygens (including phenoxy) is 1. The molecule has 0 atom stereocenters. The van der Waals surface area contributed by atoms with Crippen LogP contribution in [0.25, 0.3) is 0 Å². The molecule has 1 rings (SSSR count). The lowest BCUT2D eigenvalue weighted by Crippen LogP contribution is -1.98. The first-order chi connectivity index (χ1) is 6.36. The Balaban J connectivity index is 2.46. The highest BCUT2D eigenvalue weighted by atomic mass is 35.5. The maximum absolute atomic E-state index is 5.66. The van der Waals surface area contributed by atoms with Crippen LogP contribution in [0.1, 0.15) is 24.7 Å². The van der Waals surface area contributed by atoms with E-state index in [1.807, 2.05) is 18.2 Å². The van der Waals surface area contributed by atoms with E-state index in [1.165, 1.54) is 0 Å². The average molecular weight is 200 g/mol. The minimum Gasteiger partial charge on any atom is -0.375 e. The van der Waals surface area contributed by atoms with Crippen molar-refractivity contribution in [2.24, 2.45) is 0 Å². The predicted octanol–water partition coefficient (Wildman–Crippen LogP) is 2.75. The highest BCUT2D eigenvalue weighted by Crippen LogP contribution is 2.03. The number of alkyl halides is 1. The second-order valence-electron chi connectivity index (χ2n) is 2.81. The number of nitrogens with zero attached hydrogens (tertiary/aromatic N) is 1. The molecule has 2 nitrogen and oxygen atoms in total.